The van der Waals surface area contributed by atoms with Crippen LogP contribution in [0.15, 0.2) is 72.5 Å². The monoisotopic (exact) mass is 448 g/mol. The fourth-order valence-corrected chi connectivity index (χ4v) is 4.11. The van der Waals surface area contributed by atoms with Crippen molar-refractivity contribution in [2.75, 3.05) is 11.1 Å². The zero-order valence-electron chi connectivity index (χ0n) is 17.0. The number of nitrogens with zero attached hydrogens (tertiary/aromatic N) is 4. The Kier molecular flexibility index (Phi) is 6.31. The lowest BCUT2D eigenvalue weighted by Gasteiger charge is -2.08. The van der Waals surface area contributed by atoms with Gasteiger partial charge in [0.2, 0.25) is 5.91 Å². The van der Waals surface area contributed by atoms with Crippen LogP contribution >= 0.6 is 11.8 Å². The van der Waals surface area contributed by atoms with E-state index in [1.54, 1.807) is 12.1 Å². The van der Waals surface area contributed by atoms with Gasteiger partial charge in [-0.3, -0.25) is 14.9 Å². The van der Waals surface area contributed by atoms with Crippen LogP contribution in [-0.4, -0.2) is 36.3 Å². The van der Waals surface area contributed by atoms with Crippen LogP contribution in [0, 0.1) is 10.1 Å². The average molecular weight is 449 g/mol. The molecule has 10 heteroatoms. The predicted molar refractivity (Wildman–Crippen MR) is 124 cm³/mol. The molecule has 2 N–H and O–H groups in total. The fourth-order valence-electron chi connectivity index (χ4n) is 3.34. The van der Waals surface area contributed by atoms with Crippen molar-refractivity contribution in [3.8, 4) is 0 Å². The van der Waals surface area contributed by atoms with Crippen LogP contribution in [0.2, 0.25) is 0 Å². The highest BCUT2D eigenvalue weighted by Gasteiger charge is 2.16. The zero-order chi connectivity index (χ0) is 22.5. The smallest absolute Gasteiger partial charge is 0.271 e. The molecule has 4 aromatic rings. The highest BCUT2D eigenvalue weighted by molar-refractivity contribution is 7.99. The van der Waals surface area contributed by atoms with E-state index in [-0.39, 0.29) is 17.3 Å². The summed E-state index contributed by atoms with van der Waals surface area (Å²) in [4.78, 5) is 26.0. The molecule has 0 bridgehead atoms. The lowest BCUT2D eigenvalue weighted by atomic mass is 10.1. The van der Waals surface area contributed by atoms with Gasteiger partial charge in [-0.15, -0.1) is 16.8 Å². The lowest BCUT2D eigenvalue weighted by molar-refractivity contribution is -0.384. The van der Waals surface area contributed by atoms with Gasteiger partial charge in [0.15, 0.2) is 5.16 Å². The number of carbonyl (C=O) groups excluding carboxylic acids is 1. The van der Waals surface area contributed by atoms with E-state index in [0.29, 0.717) is 23.8 Å². The fraction of sp³-hybridized carbons (Fsp3) is 0.136. The molecule has 0 radical (unpaired) electrons. The van der Waals surface area contributed by atoms with E-state index in [9.17, 15) is 14.9 Å². The molecular formula is C22H20N6O3S. The predicted octanol–water partition coefficient (Wildman–Crippen LogP) is 4.18. The third-order valence-corrected chi connectivity index (χ3v) is 5.77. The molecule has 2 aromatic carbocycles. The van der Waals surface area contributed by atoms with Crippen molar-refractivity contribution in [1.82, 2.24) is 19.7 Å². The van der Waals surface area contributed by atoms with Crippen LogP contribution in [-0.2, 0) is 17.8 Å². The number of nitro groups is 1. The van der Waals surface area contributed by atoms with Crippen molar-refractivity contribution >= 4 is 39.9 Å². The van der Waals surface area contributed by atoms with Gasteiger partial charge in [-0.25, -0.2) is 0 Å². The van der Waals surface area contributed by atoms with E-state index in [2.05, 4.69) is 33.1 Å². The summed E-state index contributed by atoms with van der Waals surface area (Å²) in [6.45, 7) is 4.33. The number of benzene rings is 2. The van der Waals surface area contributed by atoms with E-state index >= 15 is 0 Å². The van der Waals surface area contributed by atoms with Gasteiger partial charge in [0.25, 0.3) is 5.69 Å². The number of thioether (sulfide) groups is 1. The van der Waals surface area contributed by atoms with Crippen LogP contribution in [0.25, 0.3) is 10.9 Å². The summed E-state index contributed by atoms with van der Waals surface area (Å²) in [5.41, 5.74) is 2.46. The number of hydrogen-bond donors (Lipinski definition) is 2. The molecule has 0 atom stereocenters. The molecule has 0 spiro atoms. The Bertz CT molecular complexity index is 1300. The molecule has 1 amide bonds. The van der Waals surface area contributed by atoms with Gasteiger partial charge in [-0.2, -0.15) is 0 Å². The Morgan fingerprint density at radius 1 is 1.25 bits per heavy atom. The number of non-ortho nitro benzene ring substituents is 1. The number of para-hydroxylation sites is 1. The quantitative estimate of drug-likeness (QED) is 0.172. The maximum atomic E-state index is 12.4. The maximum absolute atomic E-state index is 12.4. The minimum atomic E-state index is -0.503. The Hall–Kier alpha value is -3.92. The molecule has 9 nitrogen and oxygen atoms in total. The number of hydrogen-bond acceptors (Lipinski definition) is 6. The molecule has 32 heavy (non-hydrogen) atoms. The molecule has 0 fully saturated rings. The SMILES string of the molecule is C=CCn1c(Cc2c[nH]c3ccccc23)nnc1SCC(=O)Nc1cccc([N+](=O)[O-])c1. The van der Waals surface area contributed by atoms with E-state index in [4.69, 9.17) is 0 Å². The number of rotatable bonds is 9. The van der Waals surface area contributed by atoms with Crippen molar-refractivity contribution in [3.05, 3.63) is 88.9 Å². The molecule has 0 aliphatic carbocycles. The molecule has 0 saturated carbocycles. The van der Waals surface area contributed by atoms with E-state index in [0.717, 1.165) is 22.3 Å². The summed E-state index contributed by atoms with van der Waals surface area (Å²) in [6, 6.07) is 13.9. The van der Waals surface area contributed by atoms with Gasteiger partial charge < -0.3 is 14.9 Å². The zero-order valence-corrected chi connectivity index (χ0v) is 17.8. The van der Waals surface area contributed by atoms with Crippen molar-refractivity contribution in [2.24, 2.45) is 0 Å². The summed E-state index contributed by atoms with van der Waals surface area (Å²) in [5.74, 6) is 0.573. The van der Waals surface area contributed by atoms with E-state index in [1.165, 1.54) is 30.0 Å². The van der Waals surface area contributed by atoms with Crippen molar-refractivity contribution in [2.45, 2.75) is 18.1 Å². The number of amides is 1. The van der Waals surface area contributed by atoms with Gasteiger partial charge in [-0.05, 0) is 17.7 Å². The maximum Gasteiger partial charge on any atom is 0.271 e. The number of allylic oxidation sites excluding steroid dienone is 1. The second-order valence-corrected chi connectivity index (χ2v) is 7.92. The van der Waals surface area contributed by atoms with Crippen molar-refractivity contribution in [3.63, 3.8) is 0 Å². The highest BCUT2D eigenvalue weighted by atomic mass is 32.2. The molecule has 0 unspecified atom stereocenters. The Morgan fingerprint density at radius 3 is 2.91 bits per heavy atom. The highest BCUT2D eigenvalue weighted by Crippen LogP contribution is 2.24. The van der Waals surface area contributed by atoms with Gasteiger partial charge >= 0.3 is 0 Å². The lowest BCUT2D eigenvalue weighted by Crippen LogP contribution is -2.15. The summed E-state index contributed by atoms with van der Waals surface area (Å²) in [6.07, 6.45) is 4.32. The Morgan fingerprint density at radius 2 is 2.09 bits per heavy atom. The normalized spacial score (nSPS) is 10.9. The second-order valence-electron chi connectivity index (χ2n) is 6.98. The van der Waals surface area contributed by atoms with Crippen molar-refractivity contribution in [1.29, 1.82) is 0 Å². The number of fused-ring (bicyclic) bond motifs is 1. The minimum absolute atomic E-state index is 0.0805. The first-order valence-electron chi connectivity index (χ1n) is 9.80. The van der Waals surface area contributed by atoms with Gasteiger partial charge in [0, 0.05) is 47.9 Å². The summed E-state index contributed by atoms with van der Waals surface area (Å²) >= 11 is 1.25. The molecule has 0 aliphatic heterocycles. The number of aromatic nitrogens is 4. The van der Waals surface area contributed by atoms with Gasteiger partial charge in [0.1, 0.15) is 5.82 Å². The van der Waals surface area contributed by atoms with Crippen LogP contribution in [0.3, 0.4) is 0 Å². The summed E-state index contributed by atoms with van der Waals surface area (Å²) in [5, 5.41) is 23.9. The van der Waals surface area contributed by atoms with E-state index in [1.807, 2.05) is 29.0 Å². The molecular weight excluding hydrogens is 428 g/mol. The molecule has 2 heterocycles. The first-order chi connectivity index (χ1) is 15.5. The second kappa shape index (κ2) is 9.48. The number of anilines is 1. The third-order valence-electron chi connectivity index (χ3n) is 4.80. The average Bonchev–Trinajstić information content (AvgIpc) is 3.37. The number of H-pyrrole nitrogens is 1. The number of nitrogens with one attached hydrogen (secondary N) is 2. The van der Waals surface area contributed by atoms with Gasteiger partial charge in [0.05, 0.1) is 10.7 Å². The topological polar surface area (TPSA) is 119 Å². The number of aromatic amines is 1. The third kappa shape index (κ3) is 4.70. The van der Waals surface area contributed by atoms with Crippen LogP contribution in [0.4, 0.5) is 11.4 Å². The standard InChI is InChI=1S/C22H20N6O3S/c1-2-10-27-20(11-15-13-23-19-9-4-3-8-18(15)19)25-26-22(27)32-14-21(29)24-16-6-5-7-17(12-16)28(30)31/h2-9,12-13,23H,1,10-11,14H2,(H,24,29). The molecule has 162 valence electrons. The number of carbonyl (C=O) groups is 1. The summed E-state index contributed by atoms with van der Waals surface area (Å²) < 4.78 is 1.93. The molecule has 0 saturated heterocycles. The first kappa shape index (κ1) is 21.3. The van der Waals surface area contributed by atoms with Crippen LogP contribution in [0.1, 0.15) is 11.4 Å². The van der Waals surface area contributed by atoms with Crippen LogP contribution in [0.5, 0.6) is 0 Å². The van der Waals surface area contributed by atoms with Crippen molar-refractivity contribution < 1.29 is 9.72 Å². The Balaban J connectivity index is 1.45. The van der Waals surface area contributed by atoms with Crippen LogP contribution < -0.4 is 5.32 Å². The molecule has 2 aromatic heterocycles. The van der Waals surface area contributed by atoms with E-state index < -0.39 is 4.92 Å². The number of nitro benzene ring substituents is 1. The molecule has 4 rings (SSSR count). The first-order valence-corrected chi connectivity index (χ1v) is 10.8. The minimum Gasteiger partial charge on any atom is -0.361 e. The largest absolute Gasteiger partial charge is 0.361 e. The summed E-state index contributed by atoms with van der Waals surface area (Å²) in [7, 11) is 0. The van der Waals surface area contributed by atoms with Gasteiger partial charge in [-0.1, -0.05) is 42.1 Å². The molecule has 0 aliphatic rings. The Labute approximate surface area is 187 Å².